The Hall–Kier alpha value is -6.01. The molecule has 11 nitrogen and oxygen atoms in total. The molecule has 306 valence electrons. The molecule has 12 heteroatoms. The Bertz CT molecular complexity index is 2410. The number of ether oxygens (including phenoxy) is 4. The van der Waals surface area contributed by atoms with Crippen molar-refractivity contribution in [2.24, 2.45) is 0 Å². The Balaban J connectivity index is 1.04. The van der Waals surface area contributed by atoms with Gasteiger partial charge in [0.15, 0.2) is 23.0 Å². The minimum absolute atomic E-state index is 0.0172. The second-order valence-electron chi connectivity index (χ2n) is 16.0. The molecule has 59 heavy (non-hydrogen) atoms. The van der Waals surface area contributed by atoms with Crippen molar-refractivity contribution in [2.75, 3.05) is 73.3 Å². The van der Waals surface area contributed by atoms with Crippen LogP contribution in [-0.4, -0.2) is 70.6 Å². The molecule has 0 aromatic heterocycles. The van der Waals surface area contributed by atoms with E-state index in [9.17, 15) is 9.59 Å². The maximum Gasteiger partial charge on any atom is 0.260 e. The van der Waals surface area contributed by atoms with Crippen LogP contribution in [0.2, 0.25) is 0 Å². The van der Waals surface area contributed by atoms with Gasteiger partial charge in [-0.1, -0.05) is 36.4 Å². The highest BCUT2D eigenvalue weighted by molar-refractivity contribution is 7.81. The third kappa shape index (κ3) is 8.06. The van der Waals surface area contributed by atoms with Crippen LogP contribution in [0, 0.1) is 0 Å². The maximum absolute atomic E-state index is 14.0. The lowest BCUT2D eigenvalue weighted by Gasteiger charge is -2.28. The molecular weight excluding hydrogens is 763 g/mol. The molecule has 0 bridgehead atoms. The van der Waals surface area contributed by atoms with Gasteiger partial charge in [0.25, 0.3) is 11.8 Å². The smallest absolute Gasteiger partial charge is 0.260 e. The molecule has 2 N–H and O–H groups in total. The summed E-state index contributed by atoms with van der Waals surface area (Å²) in [4.78, 5) is 33.8. The van der Waals surface area contributed by atoms with Crippen LogP contribution in [0.3, 0.4) is 0 Å². The van der Waals surface area contributed by atoms with Crippen molar-refractivity contribution in [1.82, 2.24) is 0 Å². The van der Waals surface area contributed by atoms with E-state index >= 15 is 0 Å². The van der Waals surface area contributed by atoms with E-state index in [4.69, 9.17) is 31.6 Å². The number of anilines is 5. The van der Waals surface area contributed by atoms with Crippen molar-refractivity contribution >= 4 is 52.9 Å². The Morgan fingerprint density at radius 1 is 0.864 bits per heavy atom. The first-order valence-electron chi connectivity index (χ1n) is 19.9. The molecule has 0 radical (unpaired) electrons. The number of hydrogen-bond donors (Lipinski definition) is 3. The lowest BCUT2D eigenvalue weighted by molar-refractivity contribution is 0.0978. The number of hydrogen-bond acceptors (Lipinski definition) is 10. The summed E-state index contributed by atoms with van der Waals surface area (Å²) in [7, 11) is 7.00. The highest BCUT2D eigenvalue weighted by atomic mass is 32.1. The van der Waals surface area contributed by atoms with Crippen molar-refractivity contribution in [3.8, 4) is 23.0 Å². The summed E-state index contributed by atoms with van der Waals surface area (Å²) in [6.07, 6.45) is 1.61. The largest absolute Gasteiger partial charge is 0.493 e. The number of thiol groups is 1. The number of nitrogens with one attached hydrogen (secondary N) is 2. The Morgan fingerprint density at radius 2 is 1.51 bits per heavy atom. The van der Waals surface area contributed by atoms with Gasteiger partial charge >= 0.3 is 0 Å². The fraction of sp³-hybridized carbons (Fsp3) is 0.319. The van der Waals surface area contributed by atoms with E-state index in [0.717, 1.165) is 46.6 Å². The van der Waals surface area contributed by atoms with E-state index in [2.05, 4.69) is 59.7 Å². The van der Waals surface area contributed by atoms with E-state index in [1.54, 1.807) is 33.4 Å². The van der Waals surface area contributed by atoms with E-state index < -0.39 is 0 Å². The lowest BCUT2D eigenvalue weighted by Crippen LogP contribution is -2.39. The topological polar surface area (TPSA) is 105 Å². The third-order valence-corrected chi connectivity index (χ3v) is 11.3. The second-order valence-corrected chi connectivity index (χ2v) is 17.2. The van der Waals surface area contributed by atoms with Gasteiger partial charge in [-0.25, -0.2) is 0 Å². The average molecular weight is 814 g/mol. The number of amides is 2. The molecule has 3 heterocycles. The summed E-state index contributed by atoms with van der Waals surface area (Å²) >= 11 is 4.81. The molecule has 0 unspecified atom stereocenters. The molecule has 0 spiro atoms. The van der Waals surface area contributed by atoms with Crippen LogP contribution in [-0.2, 0) is 26.1 Å². The highest BCUT2D eigenvalue weighted by Crippen LogP contribution is 2.41. The van der Waals surface area contributed by atoms with Crippen molar-refractivity contribution in [2.45, 2.75) is 50.7 Å². The summed E-state index contributed by atoms with van der Waals surface area (Å²) in [5.41, 5.74) is 9.43. The van der Waals surface area contributed by atoms with Crippen molar-refractivity contribution in [3.63, 3.8) is 0 Å². The first kappa shape index (κ1) is 39.8. The Kier molecular flexibility index (Phi) is 11.0. The molecule has 5 aromatic rings. The number of nitrogens with zero attached hydrogens (tertiary/aromatic N) is 3. The first-order valence-corrected chi connectivity index (χ1v) is 20.4. The van der Waals surface area contributed by atoms with Gasteiger partial charge in [0.2, 0.25) is 0 Å². The lowest BCUT2D eigenvalue weighted by atomic mass is 10.1. The zero-order chi connectivity index (χ0) is 41.4. The quantitative estimate of drug-likeness (QED) is 0.101. The van der Waals surface area contributed by atoms with Crippen LogP contribution in [0.4, 0.5) is 28.4 Å². The number of methoxy groups -OCH3 is 2. The molecule has 0 fully saturated rings. The number of carbonyl (C=O) groups excluding carboxylic acids is 2. The van der Waals surface area contributed by atoms with Gasteiger partial charge in [0.05, 0.1) is 42.8 Å². The predicted octanol–water partition coefficient (Wildman–Crippen LogP) is 8.25. The second kappa shape index (κ2) is 16.3. The fourth-order valence-corrected chi connectivity index (χ4v) is 8.66. The first-order chi connectivity index (χ1) is 28.4. The number of fused-ring (bicyclic) bond motifs is 5. The van der Waals surface area contributed by atoms with Gasteiger partial charge in [0.1, 0.15) is 13.2 Å². The van der Waals surface area contributed by atoms with Crippen molar-refractivity contribution < 1.29 is 28.5 Å². The van der Waals surface area contributed by atoms with Gasteiger partial charge < -0.3 is 44.3 Å². The molecule has 3 aliphatic heterocycles. The molecule has 5 aromatic carbocycles. The Labute approximate surface area is 351 Å². The third-order valence-electron chi connectivity index (χ3n) is 11.2. The molecule has 0 saturated carbocycles. The Morgan fingerprint density at radius 3 is 2.19 bits per heavy atom. The molecule has 3 aliphatic rings. The number of carbonyl (C=O) groups is 2. The van der Waals surface area contributed by atoms with Crippen molar-refractivity contribution in [1.29, 1.82) is 0 Å². The van der Waals surface area contributed by atoms with E-state index in [1.165, 1.54) is 5.56 Å². The summed E-state index contributed by atoms with van der Waals surface area (Å²) < 4.78 is 24.3. The summed E-state index contributed by atoms with van der Waals surface area (Å²) in [5.74, 6) is 1.80. The van der Waals surface area contributed by atoms with Gasteiger partial charge in [-0.05, 0) is 91.4 Å². The maximum atomic E-state index is 14.0. The number of benzene rings is 5. The van der Waals surface area contributed by atoms with Crippen LogP contribution in [0.5, 0.6) is 23.0 Å². The van der Waals surface area contributed by atoms with Crippen LogP contribution in [0.15, 0.2) is 91.0 Å². The van der Waals surface area contributed by atoms with Gasteiger partial charge in [-0.2, -0.15) is 12.6 Å². The van der Waals surface area contributed by atoms with Gasteiger partial charge in [-0.3, -0.25) is 9.59 Å². The number of rotatable bonds is 13. The molecule has 0 saturated heterocycles. The van der Waals surface area contributed by atoms with E-state index in [1.807, 2.05) is 65.4 Å². The van der Waals surface area contributed by atoms with Crippen LogP contribution < -0.4 is 44.3 Å². The average Bonchev–Trinajstić information content (AvgIpc) is 3.81. The molecule has 0 aliphatic carbocycles. The molecular formula is C47H51N5O6S. The van der Waals surface area contributed by atoms with E-state index in [-0.39, 0.29) is 35.8 Å². The summed E-state index contributed by atoms with van der Waals surface area (Å²) in [6.45, 7) is 6.54. The van der Waals surface area contributed by atoms with Crippen molar-refractivity contribution in [3.05, 3.63) is 124 Å². The van der Waals surface area contributed by atoms with Crippen LogP contribution in [0.1, 0.15) is 56.8 Å². The van der Waals surface area contributed by atoms with Crippen LogP contribution >= 0.6 is 12.6 Å². The summed E-state index contributed by atoms with van der Waals surface area (Å²) in [6, 6.07) is 29.6. The SMILES string of the molecule is CNc1cc(OCc2cc(COc3cc4c(cc3OC)C(=O)N3c5ccccc5C[C@H]3CN4)cc(N(C)CC(C)(C)S)c2)c(OC)cc1C(=O)N1CCc2ccccc21. The minimum atomic E-state index is -0.248. The molecule has 1 atom stereocenters. The zero-order valence-electron chi connectivity index (χ0n) is 34.4. The standard InChI is InChI=1S/C47H51N5O6S/c1-47(2,59)28-50(4)33-18-29(26-57-43-23-37(48-3)35(21-41(43)55-5)45(53)51-16-15-31-11-7-9-13-39(31)51)17-30(19-33)27-58-44-24-38-36(22-42(44)56-6)46(54)52-34(25-49-38)20-32-12-8-10-14-40(32)52/h7-14,17-19,21-24,34,48-49,59H,15-16,20,25-28H2,1-6H3/t34-/m0/s1. The van der Waals surface area contributed by atoms with Crippen LogP contribution in [0.25, 0.3) is 0 Å². The summed E-state index contributed by atoms with van der Waals surface area (Å²) in [5, 5.41) is 6.72. The zero-order valence-corrected chi connectivity index (χ0v) is 35.3. The highest BCUT2D eigenvalue weighted by Gasteiger charge is 2.38. The van der Waals surface area contributed by atoms with Gasteiger partial charge in [-0.15, -0.1) is 0 Å². The predicted molar refractivity (Wildman–Crippen MR) is 238 cm³/mol. The minimum Gasteiger partial charge on any atom is -0.493 e. The molecule has 2 amide bonds. The van der Waals surface area contributed by atoms with E-state index in [0.29, 0.717) is 65.1 Å². The molecule has 8 rings (SSSR count). The fourth-order valence-electron chi connectivity index (χ4n) is 8.45. The van der Waals surface area contributed by atoms with Gasteiger partial charge in [0, 0.05) is 67.7 Å². The number of para-hydroxylation sites is 2. The monoisotopic (exact) mass is 813 g/mol. The normalized spacial score (nSPS) is 15.3.